The Hall–Kier alpha value is -2.61. The number of hydrogen-bond donors (Lipinski definition) is 0. The maximum Gasteiger partial charge on any atom is 0.413 e. The van der Waals surface area contributed by atoms with Crippen LogP contribution in [0.15, 0.2) is 30.3 Å². The fourth-order valence-electron chi connectivity index (χ4n) is 3.06. The molecular weight excluding hydrogens is 366 g/mol. The van der Waals surface area contributed by atoms with Gasteiger partial charge in [0.15, 0.2) is 0 Å². The lowest BCUT2D eigenvalue weighted by Gasteiger charge is -2.31. The molecule has 1 amide bonds. The van der Waals surface area contributed by atoms with Crippen LogP contribution in [0.2, 0.25) is 0 Å². The van der Waals surface area contributed by atoms with Crippen molar-refractivity contribution in [2.45, 2.75) is 51.7 Å². The first kappa shape index (κ1) is 21.7. The molecule has 3 atom stereocenters. The third kappa shape index (κ3) is 5.22. The van der Waals surface area contributed by atoms with Crippen LogP contribution in [0.4, 0.5) is 4.79 Å². The van der Waals surface area contributed by atoms with Crippen LogP contribution in [0.5, 0.6) is 0 Å². The van der Waals surface area contributed by atoms with Crippen molar-refractivity contribution in [2.75, 3.05) is 14.2 Å². The summed E-state index contributed by atoms with van der Waals surface area (Å²) in [7, 11) is 2.63. The number of nitrogens with zero attached hydrogens (tertiary/aromatic N) is 1. The molecule has 154 valence electrons. The normalized spacial score (nSPS) is 21.9. The average molecular weight is 393 g/mol. The second kappa shape index (κ2) is 9.05. The molecule has 1 aromatic carbocycles. The zero-order valence-corrected chi connectivity index (χ0v) is 16.8. The molecule has 28 heavy (non-hydrogen) atoms. The van der Waals surface area contributed by atoms with Gasteiger partial charge in [-0.15, -0.1) is 0 Å². The Morgan fingerprint density at radius 2 is 1.71 bits per heavy atom. The van der Waals surface area contributed by atoms with Crippen LogP contribution in [0.1, 0.15) is 32.8 Å². The largest absolute Gasteiger partial charge is 0.469 e. The van der Waals surface area contributed by atoms with Crippen molar-refractivity contribution >= 4 is 18.0 Å². The molecule has 0 spiro atoms. The van der Waals surface area contributed by atoms with Crippen LogP contribution in [0.25, 0.3) is 0 Å². The minimum Gasteiger partial charge on any atom is -0.469 e. The molecule has 1 aromatic rings. The van der Waals surface area contributed by atoms with Gasteiger partial charge in [-0.05, 0) is 26.3 Å². The van der Waals surface area contributed by atoms with E-state index in [1.165, 1.54) is 14.2 Å². The van der Waals surface area contributed by atoms with Gasteiger partial charge in [0.05, 0.1) is 13.0 Å². The van der Waals surface area contributed by atoms with Crippen LogP contribution >= 0.6 is 0 Å². The standard InChI is InChI=1S/C20H27NO7/c1-20(2,3)28-19(24)21-15(25-4)11-14(17(22)26-5)16(21)18(23)27-12-13-9-7-6-8-10-13/h6-10,14-16H,11-12H2,1-5H3/t14?,15?,16-/m0/s1. The number of carbonyl (C=O) groups is 3. The topological polar surface area (TPSA) is 91.4 Å². The summed E-state index contributed by atoms with van der Waals surface area (Å²) in [5, 5.41) is 0. The summed E-state index contributed by atoms with van der Waals surface area (Å²) >= 11 is 0. The quantitative estimate of drug-likeness (QED) is 0.561. The van der Waals surface area contributed by atoms with Crippen LogP contribution in [-0.2, 0) is 35.1 Å². The second-order valence-corrected chi connectivity index (χ2v) is 7.48. The number of rotatable bonds is 5. The first-order valence-corrected chi connectivity index (χ1v) is 9.00. The number of likely N-dealkylation sites (tertiary alicyclic amines) is 1. The highest BCUT2D eigenvalue weighted by molar-refractivity contribution is 5.89. The van der Waals surface area contributed by atoms with Crippen molar-refractivity contribution in [2.24, 2.45) is 5.92 Å². The first-order chi connectivity index (χ1) is 13.2. The minimum absolute atomic E-state index is 0.0177. The van der Waals surface area contributed by atoms with Gasteiger partial charge in [-0.25, -0.2) is 9.59 Å². The van der Waals surface area contributed by atoms with E-state index in [1.54, 1.807) is 20.8 Å². The van der Waals surface area contributed by atoms with E-state index in [1.807, 2.05) is 30.3 Å². The highest BCUT2D eigenvalue weighted by atomic mass is 16.6. The van der Waals surface area contributed by atoms with Gasteiger partial charge in [-0.1, -0.05) is 30.3 Å². The molecule has 1 heterocycles. The molecule has 1 aliphatic heterocycles. The van der Waals surface area contributed by atoms with E-state index >= 15 is 0 Å². The minimum atomic E-state index is -1.20. The number of amides is 1. The van der Waals surface area contributed by atoms with Gasteiger partial charge >= 0.3 is 18.0 Å². The van der Waals surface area contributed by atoms with E-state index in [0.717, 1.165) is 10.5 Å². The highest BCUT2D eigenvalue weighted by Crippen LogP contribution is 2.34. The molecule has 1 saturated heterocycles. The first-order valence-electron chi connectivity index (χ1n) is 9.00. The lowest BCUT2D eigenvalue weighted by Crippen LogP contribution is -2.50. The van der Waals surface area contributed by atoms with E-state index in [4.69, 9.17) is 18.9 Å². The summed E-state index contributed by atoms with van der Waals surface area (Å²) in [6.45, 7) is 5.15. The average Bonchev–Trinajstić information content (AvgIpc) is 3.05. The number of methoxy groups -OCH3 is 2. The molecule has 1 aliphatic rings. The molecule has 2 rings (SSSR count). The maximum absolute atomic E-state index is 12.9. The summed E-state index contributed by atoms with van der Waals surface area (Å²) in [5.41, 5.74) is 0.00703. The third-order valence-electron chi connectivity index (χ3n) is 4.29. The van der Waals surface area contributed by atoms with Gasteiger partial charge in [-0.2, -0.15) is 0 Å². The van der Waals surface area contributed by atoms with E-state index in [2.05, 4.69) is 0 Å². The lowest BCUT2D eigenvalue weighted by atomic mass is 10.0. The summed E-state index contributed by atoms with van der Waals surface area (Å²) < 4.78 is 20.9. The summed E-state index contributed by atoms with van der Waals surface area (Å²) in [5.74, 6) is -2.25. The predicted molar refractivity (Wildman–Crippen MR) is 99.0 cm³/mol. The lowest BCUT2D eigenvalue weighted by molar-refractivity contribution is -0.159. The third-order valence-corrected chi connectivity index (χ3v) is 4.29. The Morgan fingerprint density at radius 3 is 2.25 bits per heavy atom. The van der Waals surface area contributed by atoms with Crippen molar-refractivity contribution in [3.63, 3.8) is 0 Å². The van der Waals surface area contributed by atoms with E-state index in [9.17, 15) is 14.4 Å². The molecule has 2 unspecified atom stereocenters. The van der Waals surface area contributed by atoms with Gasteiger partial charge in [0.2, 0.25) is 0 Å². The van der Waals surface area contributed by atoms with E-state index in [-0.39, 0.29) is 13.0 Å². The monoisotopic (exact) mass is 393 g/mol. The Bertz CT molecular complexity index is 698. The van der Waals surface area contributed by atoms with E-state index < -0.39 is 41.8 Å². The Morgan fingerprint density at radius 1 is 1.07 bits per heavy atom. The molecule has 8 heteroatoms. The second-order valence-electron chi connectivity index (χ2n) is 7.48. The Kier molecular flexibility index (Phi) is 7.01. The molecule has 0 saturated carbocycles. The maximum atomic E-state index is 12.9. The molecule has 0 aliphatic carbocycles. The van der Waals surface area contributed by atoms with Gasteiger partial charge in [0.25, 0.3) is 0 Å². The van der Waals surface area contributed by atoms with Crippen LogP contribution in [0.3, 0.4) is 0 Å². The summed E-state index contributed by atoms with van der Waals surface area (Å²) in [6, 6.07) is 7.92. The number of carbonyl (C=O) groups excluding carboxylic acids is 3. The van der Waals surface area contributed by atoms with Gasteiger partial charge in [0.1, 0.15) is 24.5 Å². The zero-order valence-electron chi connectivity index (χ0n) is 16.8. The number of esters is 2. The van der Waals surface area contributed by atoms with Crippen LogP contribution in [-0.4, -0.2) is 55.0 Å². The Balaban J connectivity index is 2.26. The predicted octanol–water partition coefficient (Wildman–Crippen LogP) is 2.50. The summed E-state index contributed by atoms with van der Waals surface area (Å²) in [4.78, 5) is 39.0. The summed E-state index contributed by atoms with van der Waals surface area (Å²) in [6.07, 6.45) is -1.46. The van der Waals surface area contributed by atoms with Crippen LogP contribution in [0, 0.1) is 5.92 Å². The molecule has 0 N–H and O–H groups in total. The molecule has 0 bridgehead atoms. The van der Waals surface area contributed by atoms with Gasteiger partial charge < -0.3 is 18.9 Å². The zero-order chi connectivity index (χ0) is 20.9. The van der Waals surface area contributed by atoms with Crippen molar-refractivity contribution in [1.29, 1.82) is 0 Å². The molecule has 0 aromatic heterocycles. The number of ether oxygens (including phenoxy) is 4. The fourth-order valence-corrected chi connectivity index (χ4v) is 3.06. The van der Waals surface area contributed by atoms with Crippen molar-refractivity contribution in [1.82, 2.24) is 4.90 Å². The number of hydrogen-bond acceptors (Lipinski definition) is 7. The fraction of sp³-hybridized carbons (Fsp3) is 0.550. The molecule has 0 radical (unpaired) electrons. The van der Waals surface area contributed by atoms with Crippen molar-refractivity contribution in [3.8, 4) is 0 Å². The highest BCUT2D eigenvalue weighted by Gasteiger charge is 2.53. The van der Waals surface area contributed by atoms with Crippen molar-refractivity contribution in [3.05, 3.63) is 35.9 Å². The van der Waals surface area contributed by atoms with E-state index in [0.29, 0.717) is 0 Å². The van der Waals surface area contributed by atoms with Crippen molar-refractivity contribution < 1.29 is 33.3 Å². The molecule has 8 nitrogen and oxygen atoms in total. The molecule has 1 fully saturated rings. The molecular formula is C20H27NO7. The number of benzene rings is 1. The smallest absolute Gasteiger partial charge is 0.413 e. The Labute approximate surface area is 164 Å². The SMILES string of the molecule is COC(=O)C1CC(OC)N(C(=O)OC(C)(C)C)[C@@H]1C(=O)OCc1ccccc1. The van der Waals surface area contributed by atoms with Gasteiger partial charge in [0, 0.05) is 13.5 Å². The van der Waals surface area contributed by atoms with Gasteiger partial charge in [-0.3, -0.25) is 9.69 Å². The van der Waals surface area contributed by atoms with Crippen LogP contribution < -0.4 is 0 Å².